The first-order chi connectivity index (χ1) is 5.16. The molecule has 65 valence electrons. The summed E-state index contributed by atoms with van der Waals surface area (Å²) in [7, 11) is 0. The summed E-state index contributed by atoms with van der Waals surface area (Å²) in [6, 6.07) is 0. The average molecular weight is 155 g/mol. The van der Waals surface area contributed by atoms with Crippen molar-refractivity contribution in [3.05, 3.63) is 6.42 Å². The fraction of sp³-hybridized carbons (Fsp3) is 0.800. The molecule has 0 aliphatic carbocycles. The molecule has 0 bridgehead atoms. The van der Waals surface area contributed by atoms with Crippen LogP contribution in [0.15, 0.2) is 0 Å². The van der Waals surface area contributed by atoms with Crippen LogP contribution in [0.2, 0.25) is 0 Å². The quantitative estimate of drug-likeness (QED) is 0.576. The first kappa shape index (κ1) is 10.7. The largest absolute Gasteiger partial charge is 0.299 e. The van der Waals surface area contributed by atoms with Crippen molar-refractivity contribution < 1.29 is 4.79 Å². The van der Waals surface area contributed by atoms with E-state index in [4.69, 9.17) is 0 Å². The van der Waals surface area contributed by atoms with E-state index in [1.54, 1.807) is 0 Å². The van der Waals surface area contributed by atoms with Crippen molar-refractivity contribution in [3.63, 3.8) is 0 Å². The molecule has 0 aliphatic rings. The van der Waals surface area contributed by atoms with Crippen LogP contribution in [0.3, 0.4) is 0 Å². The molecule has 0 unspecified atom stereocenters. The molecule has 0 saturated heterocycles. The summed E-state index contributed by atoms with van der Waals surface area (Å²) < 4.78 is 0. The van der Waals surface area contributed by atoms with E-state index >= 15 is 0 Å². The standard InChI is InChI=1S/C10H19O/c1-4-6-10(11)8-5-7-9(2)3/h8-9H,4-7H2,1-3H3. The number of Topliss-reactive ketones (excluding diaryl/α,β-unsaturated/α-hetero) is 1. The summed E-state index contributed by atoms with van der Waals surface area (Å²) in [5, 5.41) is 0. The zero-order chi connectivity index (χ0) is 8.69. The summed E-state index contributed by atoms with van der Waals surface area (Å²) >= 11 is 0. The molecule has 1 nitrogen and oxygen atoms in total. The molecule has 0 aromatic rings. The molecule has 0 aliphatic heterocycles. The molecular weight excluding hydrogens is 136 g/mol. The molecule has 11 heavy (non-hydrogen) atoms. The van der Waals surface area contributed by atoms with Gasteiger partial charge in [0.1, 0.15) is 5.78 Å². The zero-order valence-electron chi connectivity index (χ0n) is 7.89. The van der Waals surface area contributed by atoms with E-state index in [1.807, 2.05) is 13.3 Å². The number of carbonyl (C=O) groups excluding carboxylic acids is 1. The third kappa shape index (κ3) is 7.57. The van der Waals surface area contributed by atoms with Crippen molar-refractivity contribution in [2.75, 3.05) is 0 Å². The van der Waals surface area contributed by atoms with Crippen molar-refractivity contribution in [3.8, 4) is 0 Å². The van der Waals surface area contributed by atoms with Gasteiger partial charge in [-0.1, -0.05) is 27.2 Å². The summed E-state index contributed by atoms with van der Waals surface area (Å²) in [6.45, 7) is 6.39. The van der Waals surface area contributed by atoms with Crippen LogP contribution in [0.1, 0.15) is 46.5 Å². The first-order valence-electron chi connectivity index (χ1n) is 4.52. The highest BCUT2D eigenvalue weighted by Gasteiger charge is 2.01. The van der Waals surface area contributed by atoms with Crippen LogP contribution < -0.4 is 0 Å². The van der Waals surface area contributed by atoms with E-state index in [-0.39, 0.29) is 0 Å². The summed E-state index contributed by atoms with van der Waals surface area (Å²) in [6.07, 6.45) is 5.62. The van der Waals surface area contributed by atoms with Gasteiger partial charge in [-0.15, -0.1) is 0 Å². The van der Waals surface area contributed by atoms with Crippen molar-refractivity contribution >= 4 is 5.78 Å². The molecule has 0 heterocycles. The first-order valence-corrected chi connectivity index (χ1v) is 4.52. The Hall–Kier alpha value is -0.330. The van der Waals surface area contributed by atoms with Crippen molar-refractivity contribution in [2.45, 2.75) is 46.5 Å². The van der Waals surface area contributed by atoms with E-state index in [0.29, 0.717) is 11.7 Å². The average Bonchev–Trinajstić information content (AvgIpc) is 1.87. The van der Waals surface area contributed by atoms with Gasteiger partial charge in [0.25, 0.3) is 0 Å². The Kier molecular flexibility index (Phi) is 6.19. The van der Waals surface area contributed by atoms with Crippen LogP contribution in [0.25, 0.3) is 0 Å². The number of rotatable bonds is 6. The smallest absolute Gasteiger partial charge is 0.136 e. The Morgan fingerprint density at radius 2 is 2.09 bits per heavy atom. The molecule has 0 aromatic heterocycles. The van der Waals surface area contributed by atoms with Gasteiger partial charge in [0.2, 0.25) is 0 Å². The second-order valence-corrected chi connectivity index (χ2v) is 3.39. The number of hydrogen-bond acceptors (Lipinski definition) is 1. The van der Waals surface area contributed by atoms with Crippen molar-refractivity contribution in [1.29, 1.82) is 0 Å². The molecule has 1 heteroatoms. The highest BCUT2D eigenvalue weighted by atomic mass is 16.1. The lowest BCUT2D eigenvalue weighted by molar-refractivity contribution is -0.116. The van der Waals surface area contributed by atoms with Crippen molar-refractivity contribution in [2.24, 2.45) is 5.92 Å². The van der Waals surface area contributed by atoms with Crippen LogP contribution in [-0.2, 0) is 4.79 Å². The van der Waals surface area contributed by atoms with Crippen LogP contribution in [0.4, 0.5) is 0 Å². The maximum absolute atomic E-state index is 11.0. The summed E-state index contributed by atoms with van der Waals surface area (Å²) in [5.41, 5.74) is 0. The van der Waals surface area contributed by atoms with Gasteiger partial charge in [0, 0.05) is 12.8 Å². The molecule has 1 radical (unpaired) electrons. The SMILES string of the molecule is CCCC(=O)[CH]CCC(C)C. The second kappa shape index (κ2) is 6.38. The van der Waals surface area contributed by atoms with E-state index in [2.05, 4.69) is 13.8 Å². The predicted octanol–water partition coefficient (Wildman–Crippen LogP) is 3.00. The second-order valence-electron chi connectivity index (χ2n) is 3.39. The normalized spacial score (nSPS) is 10.5. The zero-order valence-corrected chi connectivity index (χ0v) is 7.89. The Bertz CT molecular complexity index is 105. The third-order valence-electron chi connectivity index (χ3n) is 1.61. The number of hydrogen-bond donors (Lipinski definition) is 0. The molecule has 0 rings (SSSR count). The van der Waals surface area contributed by atoms with E-state index in [0.717, 1.165) is 25.7 Å². The van der Waals surface area contributed by atoms with Gasteiger partial charge in [0.15, 0.2) is 0 Å². The predicted molar refractivity (Wildman–Crippen MR) is 48.3 cm³/mol. The monoisotopic (exact) mass is 155 g/mol. The maximum Gasteiger partial charge on any atom is 0.136 e. The van der Waals surface area contributed by atoms with Crippen LogP contribution >= 0.6 is 0 Å². The maximum atomic E-state index is 11.0. The molecule has 0 fully saturated rings. The van der Waals surface area contributed by atoms with E-state index < -0.39 is 0 Å². The molecule has 0 amide bonds. The van der Waals surface area contributed by atoms with Gasteiger partial charge in [-0.2, -0.15) is 0 Å². The lowest BCUT2D eigenvalue weighted by atomic mass is 10.0. The Morgan fingerprint density at radius 3 is 2.55 bits per heavy atom. The van der Waals surface area contributed by atoms with E-state index in [1.165, 1.54) is 0 Å². The molecule has 0 aromatic carbocycles. The molecule has 0 atom stereocenters. The fourth-order valence-electron chi connectivity index (χ4n) is 0.926. The van der Waals surface area contributed by atoms with Crippen LogP contribution in [0.5, 0.6) is 0 Å². The minimum absolute atomic E-state index is 0.313. The van der Waals surface area contributed by atoms with Gasteiger partial charge < -0.3 is 0 Å². The Balaban J connectivity index is 3.17. The number of carbonyl (C=O) groups is 1. The lowest BCUT2D eigenvalue weighted by Crippen LogP contribution is -1.98. The lowest BCUT2D eigenvalue weighted by Gasteiger charge is -2.02. The highest BCUT2D eigenvalue weighted by molar-refractivity contribution is 5.86. The minimum Gasteiger partial charge on any atom is -0.299 e. The Labute approximate surface area is 70.2 Å². The van der Waals surface area contributed by atoms with Crippen molar-refractivity contribution in [1.82, 2.24) is 0 Å². The topological polar surface area (TPSA) is 17.1 Å². The fourth-order valence-corrected chi connectivity index (χ4v) is 0.926. The minimum atomic E-state index is 0.313. The molecule has 0 spiro atoms. The van der Waals surface area contributed by atoms with Gasteiger partial charge in [-0.3, -0.25) is 4.79 Å². The van der Waals surface area contributed by atoms with Gasteiger partial charge in [-0.25, -0.2) is 0 Å². The third-order valence-corrected chi connectivity index (χ3v) is 1.61. The van der Waals surface area contributed by atoms with Crippen LogP contribution in [0, 0.1) is 12.3 Å². The molecule has 0 saturated carbocycles. The summed E-state index contributed by atoms with van der Waals surface area (Å²) in [4.78, 5) is 11.0. The number of ketones is 1. The van der Waals surface area contributed by atoms with Gasteiger partial charge in [-0.05, 0) is 18.8 Å². The van der Waals surface area contributed by atoms with Gasteiger partial charge in [0.05, 0.1) is 0 Å². The highest BCUT2D eigenvalue weighted by Crippen LogP contribution is 2.06. The summed E-state index contributed by atoms with van der Waals surface area (Å²) in [5.74, 6) is 1.02. The molecular formula is C10H19O. The Morgan fingerprint density at radius 1 is 1.45 bits per heavy atom. The van der Waals surface area contributed by atoms with E-state index in [9.17, 15) is 4.79 Å². The van der Waals surface area contributed by atoms with Crippen LogP contribution in [-0.4, -0.2) is 5.78 Å². The molecule has 0 N–H and O–H groups in total. The van der Waals surface area contributed by atoms with Gasteiger partial charge >= 0.3 is 0 Å².